The molecule has 0 fully saturated rings. The molecule has 13 heavy (non-hydrogen) atoms. The third-order valence-electron chi connectivity index (χ3n) is 1.39. The fourth-order valence-corrected chi connectivity index (χ4v) is 1.06. The summed E-state index contributed by atoms with van der Waals surface area (Å²) in [5, 5.41) is 9.26. The first-order valence-electron chi connectivity index (χ1n) is 3.98. The summed E-state index contributed by atoms with van der Waals surface area (Å²) in [5.74, 6) is 0.573. The second kappa shape index (κ2) is 5.26. The number of halogens is 1. The highest BCUT2D eigenvalue weighted by Gasteiger charge is 2.06. The highest BCUT2D eigenvalue weighted by Crippen LogP contribution is 2.05. The molecule has 1 unspecified atom stereocenters. The Labute approximate surface area is 85.1 Å². The van der Waals surface area contributed by atoms with Gasteiger partial charge in [0.05, 0.1) is 10.9 Å². The number of ether oxygens (including phenoxy) is 1. The Morgan fingerprint density at radius 2 is 2.15 bits per heavy atom. The molecule has 1 heterocycles. The summed E-state index contributed by atoms with van der Waals surface area (Å²) in [4.78, 5) is 8.01. The average molecular weight is 247 g/mol. The van der Waals surface area contributed by atoms with Crippen molar-refractivity contribution in [3.8, 4) is 0 Å². The number of aliphatic hydroxyl groups excluding tert-OH is 1. The van der Waals surface area contributed by atoms with Crippen molar-refractivity contribution in [1.82, 2.24) is 9.97 Å². The Hall–Kier alpha value is -0.520. The van der Waals surface area contributed by atoms with Crippen LogP contribution in [0.25, 0.3) is 0 Å². The summed E-state index contributed by atoms with van der Waals surface area (Å²) in [6.07, 6.45) is 2.79. The van der Waals surface area contributed by atoms with Gasteiger partial charge in [-0.05, 0) is 22.9 Å². The first-order chi connectivity index (χ1) is 6.22. The minimum Gasteiger partial charge on any atom is -0.368 e. The van der Waals surface area contributed by atoms with Gasteiger partial charge in [0, 0.05) is 19.0 Å². The normalized spacial score (nSPS) is 12.8. The molecule has 1 aromatic rings. The monoisotopic (exact) mass is 246 g/mol. The van der Waals surface area contributed by atoms with Crippen molar-refractivity contribution >= 4 is 15.9 Å². The number of aliphatic hydroxyl groups is 1. The maximum Gasteiger partial charge on any atom is 0.161 e. The van der Waals surface area contributed by atoms with Crippen LogP contribution in [0, 0.1) is 0 Å². The summed E-state index contributed by atoms with van der Waals surface area (Å²) in [5.41, 5.74) is 0. The van der Waals surface area contributed by atoms with E-state index in [1.54, 1.807) is 12.4 Å². The molecule has 1 aromatic heterocycles. The van der Waals surface area contributed by atoms with Crippen molar-refractivity contribution in [2.24, 2.45) is 0 Å². The maximum absolute atomic E-state index is 9.26. The summed E-state index contributed by atoms with van der Waals surface area (Å²) in [6.45, 7) is 2.31. The van der Waals surface area contributed by atoms with Gasteiger partial charge in [-0.25, -0.2) is 9.97 Å². The van der Waals surface area contributed by atoms with Crippen LogP contribution in [-0.4, -0.2) is 28.0 Å². The van der Waals surface area contributed by atoms with Crippen LogP contribution >= 0.6 is 15.9 Å². The quantitative estimate of drug-likeness (QED) is 0.810. The topological polar surface area (TPSA) is 55.2 Å². The Kier molecular flexibility index (Phi) is 4.27. The second-order valence-corrected chi connectivity index (χ2v) is 3.35. The third-order valence-corrected chi connectivity index (χ3v) is 1.80. The SMILES string of the molecule is CCOC(O)Cc1ncc(Br)cn1. The van der Waals surface area contributed by atoms with Crippen LogP contribution in [-0.2, 0) is 11.2 Å². The van der Waals surface area contributed by atoms with E-state index in [9.17, 15) is 5.11 Å². The van der Waals surface area contributed by atoms with E-state index in [1.807, 2.05) is 6.92 Å². The molecule has 0 aliphatic rings. The fraction of sp³-hybridized carbons (Fsp3) is 0.500. The van der Waals surface area contributed by atoms with Crippen LogP contribution in [0.4, 0.5) is 0 Å². The van der Waals surface area contributed by atoms with Crippen LogP contribution in [0.2, 0.25) is 0 Å². The molecule has 0 aromatic carbocycles. The van der Waals surface area contributed by atoms with Gasteiger partial charge in [-0.3, -0.25) is 0 Å². The largest absolute Gasteiger partial charge is 0.368 e. The summed E-state index contributed by atoms with van der Waals surface area (Å²) in [7, 11) is 0. The predicted molar refractivity (Wildman–Crippen MR) is 51.1 cm³/mol. The molecular formula is C8H11BrN2O2. The van der Waals surface area contributed by atoms with Crippen molar-refractivity contribution in [2.45, 2.75) is 19.6 Å². The molecule has 0 bridgehead atoms. The molecule has 1 rings (SSSR count). The lowest BCUT2D eigenvalue weighted by Gasteiger charge is -2.08. The molecule has 72 valence electrons. The van der Waals surface area contributed by atoms with E-state index in [4.69, 9.17) is 4.74 Å². The molecule has 4 nitrogen and oxygen atoms in total. The highest BCUT2D eigenvalue weighted by molar-refractivity contribution is 9.10. The Bertz CT molecular complexity index is 253. The van der Waals surface area contributed by atoms with Crippen molar-refractivity contribution in [3.63, 3.8) is 0 Å². The van der Waals surface area contributed by atoms with Crippen molar-refractivity contribution in [2.75, 3.05) is 6.61 Å². The lowest BCUT2D eigenvalue weighted by molar-refractivity contribution is -0.0938. The molecule has 1 N–H and O–H groups in total. The van der Waals surface area contributed by atoms with E-state index < -0.39 is 6.29 Å². The zero-order valence-electron chi connectivity index (χ0n) is 7.27. The predicted octanol–water partition coefficient (Wildman–Crippen LogP) is 1.14. The minimum atomic E-state index is -0.814. The van der Waals surface area contributed by atoms with Crippen molar-refractivity contribution in [1.29, 1.82) is 0 Å². The van der Waals surface area contributed by atoms with Gasteiger partial charge < -0.3 is 9.84 Å². The summed E-state index contributed by atoms with van der Waals surface area (Å²) in [6, 6.07) is 0. The molecule has 0 radical (unpaired) electrons. The summed E-state index contributed by atoms with van der Waals surface area (Å²) >= 11 is 3.22. The molecule has 0 saturated heterocycles. The highest BCUT2D eigenvalue weighted by atomic mass is 79.9. The van der Waals surface area contributed by atoms with Gasteiger partial charge in [-0.15, -0.1) is 0 Å². The van der Waals surface area contributed by atoms with Crippen LogP contribution in [0.3, 0.4) is 0 Å². The Morgan fingerprint density at radius 1 is 1.54 bits per heavy atom. The van der Waals surface area contributed by atoms with E-state index in [2.05, 4.69) is 25.9 Å². The summed E-state index contributed by atoms with van der Waals surface area (Å²) < 4.78 is 5.76. The van der Waals surface area contributed by atoms with E-state index in [-0.39, 0.29) is 0 Å². The van der Waals surface area contributed by atoms with Crippen LogP contribution in [0.1, 0.15) is 12.7 Å². The molecule has 5 heteroatoms. The van der Waals surface area contributed by atoms with Gasteiger partial charge in [0.2, 0.25) is 0 Å². The van der Waals surface area contributed by atoms with Crippen LogP contribution < -0.4 is 0 Å². The zero-order chi connectivity index (χ0) is 9.68. The molecule has 1 atom stereocenters. The molecule has 0 spiro atoms. The van der Waals surface area contributed by atoms with Gasteiger partial charge in [0.15, 0.2) is 6.29 Å². The lowest BCUT2D eigenvalue weighted by atomic mass is 10.4. The zero-order valence-corrected chi connectivity index (χ0v) is 8.86. The third kappa shape index (κ3) is 3.80. The van der Waals surface area contributed by atoms with E-state index in [1.165, 1.54) is 0 Å². The fourth-order valence-electron chi connectivity index (χ4n) is 0.852. The smallest absolute Gasteiger partial charge is 0.161 e. The molecule has 0 amide bonds. The maximum atomic E-state index is 9.26. The molecule has 0 aliphatic heterocycles. The van der Waals surface area contributed by atoms with Crippen molar-refractivity contribution < 1.29 is 9.84 Å². The molecule has 0 saturated carbocycles. The lowest BCUT2D eigenvalue weighted by Crippen LogP contribution is -2.16. The molecular weight excluding hydrogens is 236 g/mol. The van der Waals surface area contributed by atoms with Crippen LogP contribution in [0.15, 0.2) is 16.9 Å². The van der Waals surface area contributed by atoms with E-state index >= 15 is 0 Å². The first kappa shape index (κ1) is 10.6. The average Bonchev–Trinajstić information content (AvgIpc) is 2.09. The van der Waals surface area contributed by atoms with Crippen molar-refractivity contribution in [3.05, 3.63) is 22.7 Å². The number of aromatic nitrogens is 2. The second-order valence-electron chi connectivity index (χ2n) is 2.43. The van der Waals surface area contributed by atoms with Gasteiger partial charge in [-0.1, -0.05) is 0 Å². The van der Waals surface area contributed by atoms with Gasteiger partial charge in [0.1, 0.15) is 5.82 Å². The Morgan fingerprint density at radius 3 is 2.69 bits per heavy atom. The number of hydrogen-bond donors (Lipinski definition) is 1. The number of hydrogen-bond acceptors (Lipinski definition) is 4. The van der Waals surface area contributed by atoms with Gasteiger partial charge in [0.25, 0.3) is 0 Å². The standard InChI is InChI=1S/C8H11BrN2O2/c1-2-13-8(12)3-7-10-4-6(9)5-11-7/h4-5,8,12H,2-3H2,1H3. The Balaban J connectivity index is 2.49. The first-order valence-corrected chi connectivity index (χ1v) is 4.77. The molecule has 0 aliphatic carbocycles. The van der Waals surface area contributed by atoms with Crippen LogP contribution in [0.5, 0.6) is 0 Å². The minimum absolute atomic E-state index is 0.321. The van der Waals surface area contributed by atoms with Gasteiger partial charge >= 0.3 is 0 Å². The van der Waals surface area contributed by atoms with E-state index in [0.717, 1.165) is 4.47 Å². The van der Waals surface area contributed by atoms with E-state index in [0.29, 0.717) is 18.9 Å². The number of nitrogens with zero attached hydrogens (tertiary/aromatic N) is 2. The number of rotatable bonds is 4. The van der Waals surface area contributed by atoms with Gasteiger partial charge in [-0.2, -0.15) is 0 Å².